The molecule has 0 bridgehead atoms. The third kappa shape index (κ3) is 5.85. The molecule has 1 aliphatic rings. The molecule has 150 valence electrons. The van der Waals surface area contributed by atoms with Gasteiger partial charge in [0.25, 0.3) is 5.91 Å². The number of nitrogens with one attached hydrogen (secondary N) is 3. The highest BCUT2D eigenvalue weighted by Crippen LogP contribution is 2.26. The van der Waals surface area contributed by atoms with Crippen LogP contribution in [0.3, 0.4) is 0 Å². The summed E-state index contributed by atoms with van der Waals surface area (Å²) >= 11 is 0. The van der Waals surface area contributed by atoms with E-state index in [2.05, 4.69) is 22.9 Å². The van der Waals surface area contributed by atoms with E-state index in [-0.39, 0.29) is 17.7 Å². The Morgan fingerprint density at radius 3 is 2.64 bits per heavy atom. The Morgan fingerprint density at radius 2 is 1.89 bits per heavy atom. The van der Waals surface area contributed by atoms with Crippen LogP contribution in [-0.2, 0) is 4.74 Å². The average Bonchev–Trinajstić information content (AvgIpc) is 3.22. The monoisotopic (exact) mass is 385 g/mol. The highest BCUT2D eigenvalue weighted by atomic mass is 16.5. The van der Waals surface area contributed by atoms with Gasteiger partial charge in [-0.05, 0) is 49.1 Å². The summed E-state index contributed by atoms with van der Waals surface area (Å²) in [4.78, 5) is 24.1. The molecule has 1 heterocycles. The van der Waals surface area contributed by atoms with Crippen molar-refractivity contribution in [1.29, 1.82) is 0 Å². The van der Waals surface area contributed by atoms with Crippen LogP contribution in [0.2, 0.25) is 0 Å². The molecule has 0 radical (unpaired) electrons. The van der Waals surface area contributed by atoms with Gasteiger partial charge in [0.1, 0.15) is 0 Å². The molecule has 0 spiro atoms. The van der Waals surface area contributed by atoms with Crippen molar-refractivity contribution in [2.45, 2.75) is 38.7 Å². The fraction of sp³-hybridized carbons (Fsp3) is 0.429. The molecule has 1 fully saturated rings. The average molecular weight is 385 g/mol. The summed E-state index contributed by atoms with van der Waals surface area (Å²) in [6.45, 7) is 3.17. The van der Waals surface area contributed by atoms with Crippen LogP contribution in [0.25, 0.3) is 0 Å². The normalized spacial score (nSPS) is 19.0. The molecular weight excluding hydrogens is 358 g/mol. The first-order chi connectivity index (χ1) is 13.6. The number of benzene rings is 1. The van der Waals surface area contributed by atoms with Crippen molar-refractivity contribution in [3.05, 3.63) is 48.4 Å². The Morgan fingerprint density at radius 1 is 1.11 bits per heavy atom. The van der Waals surface area contributed by atoms with Gasteiger partial charge in [-0.2, -0.15) is 0 Å². The topological polar surface area (TPSA) is 92.6 Å². The third-order valence-corrected chi connectivity index (χ3v) is 4.88. The molecule has 3 amide bonds. The Kier molecular flexibility index (Phi) is 7.08. The van der Waals surface area contributed by atoms with E-state index in [9.17, 15) is 9.59 Å². The van der Waals surface area contributed by atoms with E-state index in [4.69, 9.17) is 9.15 Å². The molecule has 7 nitrogen and oxygen atoms in total. The molecule has 1 saturated carbocycles. The number of hydrogen-bond donors (Lipinski definition) is 3. The van der Waals surface area contributed by atoms with Crippen LogP contribution in [0.15, 0.2) is 47.1 Å². The largest absolute Gasteiger partial charge is 0.459 e. The van der Waals surface area contributed by atoms with Crippen molar-refractivity contribution in [2.24, 2.45) is 5.92 Å². The maximum absolute atomic E-state index is 12.1. The molecule has 3 N–H and O–H groups in total. The molecule has 2 aromatic rings. The predicted molar refractivity (Wildman–Crippen MR) is 107 cm³/mol. The van der Waals surface area contributed by atoms with E-state index in [1.807, 2.05) is 0 Å². The first-order valence-corrected chi connectivity index (χ1v) is 9.73. The van der Waals surface area contributed by atoms with Crippen molar-refractivity contribution < 1.29 is 18.7 Å². The van der Waals surface area contributed by atoms with Gasteiger partial charge in [0, 0.05) is 17.9 Å². The van der Waals surface area contributed by atoms with E-state index >= 15 is 0 Å². The van der Waals surface area contributed by atoms with Crippen LogP contribution in [0.5, 0.6) is 0 Å². The molecule has 0 aliphatic heterocycles. The van der Waals surface area contributed by atoms with Gasteiger partial charge in [0.2, 0.25) is 0 Å². The molecule has 2 atom stereocenters. The Balaban J connectivity index is 1.40. The van der Waals surface area contributed by atoms with E-state index in [1.165, 1.54) is 25.5 Å². The SMILES string of the molecule is C[C@@H]1CCCC[C@H]1OCCNC(=O)Nc1cccc(NC(=O)c2ccco2)c1. The van der Waals surface area contributed by atoms with Crippen LogP contribution in [0.1, 0.15) is 43.2 Å². The maximum atomic E-state index is 12.1. The number of carbonyl (C=O) groups excluding carboxylic acids is 2. The molecule has 0 saturated heterocycles. The van der Waals surface area contributed by atoms with Crippen LogP contribution in [-0.4, -0.2) is 31.2 Å². The summed E-state index contributed by atoms with van der Waals surface area (Å²) in [7, 11) is 0. The quantitative estimate of drug-likeness (QED) is 0.621. The van der Waals surface area contributed by atoms with E-state index in [0.717, 1.165) is 6.42 Å². The van der Waals surface area contributed by atoms with Gasteiger partial charge in [-0.3, -0.25) is 4.79 Å². The minimum atomic E-state index is -0.347. The lowest BCUT2D eigenvalue weighted by atomic mass is 9.88. The van der Waals surface area contributed by atoms with Gasteiger partial charge in [0.05, 0.1) is 19.0 Å². The zero-order valence-corrected chi connectivity index (χ0v) is 16.1. The van der Waals surface area contributed by atoms with Crippen molar-refractivity contribution in [3.8, 4) is 0 Å². The highest BCUT2D eigenvalue weighted by Gasteiger charge is 2.21. The van der Waals surface area contributed by atoms with Gasteiger partial charge in [0.15, 0.2) is 5.76 Å². The lowest BCUT2D eigenvalue weighted by Gasteiger charge is -2.28. The molecule has 1 aromatic carbocycles. The first kappa shape index (κ1) is 19.9. The zero-order chi connectivity index (χ0) is 19.8. The van der Waals surface area contributed by atoms with Crippen LogP contribution < -0.4 is 16.0 Å². The zero-order valence-electron chi connectivity index (χ0n) is 16.1. The summed E-state index contributed by atoms with van der Waals surface area (Å²) in [5.74, 6) is 0.464. The second-order valence-corrected chi connectivity index (χ2v) is 7.06. The summed E-state index contributed by atoms with van der Waals surface area (Å²) in [5.41, 5.74) is 1.14. The number of furan rings is 1. The van der Waals surface area contributed by atoms with Gasteiger partial charge in [-0.15, -0.1) is 0 Å². The van der Waals surface area contributed by atoms with E-state index in [1.54, 1.807) is 36.4 Å². The summed E-state index contributed by atoms with van der Waals surface area (Å²) in [5, 5.41) is 8.27. The standard InChI is InChI=1S/C21H27N3O4/c1-15-6-2-3-9-18(15)28-13-11-22-21(26)24-17-8-4-7-16(14-17)23-20(25)19-10-5-12-27-19/h4-5,7-8,10,12,14-15,18H,2-3,6,9,11,13H2,1H3,(H,23,25)(H2,22,24,26)/t15-,18-/m1/s1. The number of amides is 3. The Labute approximate surface area is 164 Å². The third-order valence-electron chi connectivity index (χ3n) is 4.88. The Hall–Kier alpha value is -2.80. The summed E-state index contributed by atoms with van der Waals surface area (Å²) in [6.07, 6.45) is 6.55. The summed E-state index contributed by atoms with van der Waals surface area (Å²) in [6, 6.07) is 9.85. The van der Waals surface area contributed by atoms with Crippen molar-refractivity contribution in [2.75, 3.05) is 23.8 Å². The maximum Gasteiger partial charge on any atom is 0.319 e. The minimum absolute atomic E-state index is 0.225. The fourth-order valence-corrected chi connectivity index (χ4v) is 3.36. The van der Waals surface area contributed by atoms with Gasteiger partial charge >= 0.3 is 6.03 Å². The fourth-order valence-electron chi connectivity index (χ4n) is 3.36. The lowest BCUT2D eigenvalue weighted by Crippen LogP contribution is -2.34. The second kappa shape index (κ2) is 9.94. The van der Waals surface area contributed by atoms with Crippen molar-refractivity contribution in [1.82, 2.24) is 5.32 Å². The molecule has 7 heteroatoms. The highest BCUT2D eigenvalue weighted by molar-refractivity contribution is 6.02. The van der Waals surface area contributed by atoms with Gasteiger partial charge < -0.3 is 25.1 Å². The molecular formula is C21H27N3O4. The molecule has 0 unspecified atom stereocenters. The number of urea groups is 1. The van der Waals surface area contributed by atoms with Crippen LogP contribution >= 0.6 is 0 Å². The lowest BCUT2D eigenvalue weighted by molar-refractivity contribution is -0.00232. The van der Waals surface area contributed by atoms with Crippen molar-refractivity contribution >= 4 is 23.3 Å². The van der Waals surface area contributed by atoms with Crippen molar-refractivity contribution in [3.63, 3.8) is 0 Å². The minimum Gasteiger partial charge on any atom is -0.459 e. The molecule has 1 aliphatic carbocycles. The predicted octanol–water partition coefficient (Wildman–Crippen LogP) is 4.25. The molecule has 3 rings (SSSR count). The summed E-state index contributed by atoms with van der Waals surface area (Å²) < 4.78 is 11.0. The van der Waals surface area contributed by atoms with Crippen LogP contribution in [0, 0.1) is 5.92 Å². The smallest absolute Gasteiger partial charge is 0.319 e. The van der Waals surface area contributed by atoms with E-state index < -0.39 is 0 Å². The number of ether oxygens (including phenoxy) is 1. The number of hydrogen-bond acceptors (Lipinski definition) is 4. The second-order valence-electron chi connectivity index (χ2n) is 7.06. The number of carbonyl (C=O) groups is 2. The Bertz CT molecular complexity index is 776. The number of anilines is 2. The first-order valence-electron chi connectivity index (χ1n) is 9.73. The number of rotatable bonds is 7. The molecule has 1 aromatic heterocycles. The van der Waals surface area contributed by atoms with Gasteiger partial charge in [-0.1, -0.05) is 25.8 Å². The van der Waals surface area contributed by atoms with Gasteiger partial charge in [-0.25, -0.2) is 4.79 Å². The van der Waals surface area contributed by atoms with E-state index in [0.29, 0.717) is 36.5 Å². The molecule has 28 heavy (non-hydrogen) atoms. The van der Waals surface area contributed by atoms with Crippen LogP contribution in [0.4, 0.5) is 16.2 Å².